The third-order valence-corrected chi connectivity index (χ3v) is 8.06. The lowest BCUT2D eigenvalue weighted by Crippen LogP contribution is -2.33. The number of pyridine rings is 2. The third-order valence-electron chi connectivity index (χ3n) is 8.06. The lowest BCUT2D eigenvalue weighted by Gasteiger charge is -2.21. The van der Waals surface area contributed by atoms with Crippen LogP contribution in [0, 0.1) is 23.7 Å². The van der Waals surface area contributed by atoms with Crippen molar-refractivity contribution in [1.29, 1.82) is 0 Å². The molecular weight excluding hydrogens is 488 g/mol. The molecule has 11 heteroatoms. The molecule has 38 heavy (non-hydrogen) atoms. The Hall–Kier alpha value is -3.57. The van der Waals surface area contributed by atoms with Gasteiger partial charge in [0.15, 0.2) is 0 Å². The van der Waals surface area contributed by atoms with Crippen LogP contribution in [0.15, 0.2) is 36.7 Å². The van der Waals surface area contributed by atoms with E-state index in [-0.39, 0.29) is 17.9 Å². The maximum Gasteiger partial charge on any atom is 0.331 e. The zero-order valence-corrected chi connectivity index (χ0v) is 21.3. The zero-order valence-electron chi connectivity index (χ0n) is 21.3. The number of carbonyl (C=O) groups excluding carboxylic acids is 1. The number of aliphatic carboxylic acids is 2. The van der Waals surface area contributed by atoms with Gasteiger partial charge in [-0.3, -0.25) is 19.4 Å². The highest BCUT2D eigenvalue weighted by Gasteiger charge is 2.35. The first-order valence-corrected chi connectivity index (χ1v) is 13.3. The molecule has 2 aromatic rings. The molecule has 3 saturated heterocycles. The molecular formula is C27H34N6O5. The van der Waals surface area contributed by atoms with Crippen LogP contribution in [-0.2, 0) is 22.4 Å². The first-order valence-electron chi connectivity index (χ1n) is 13.3. The van der Waals surface area contributed by atoms with Crippen LogP contribution in [0.25, 0.3) is 0 Å². The molecule has 0 unspecified atom stereocenters. The van der Waals surface area contributed by atoms with Gasteiger partial charge in [-0.2, -0.15) is 0 Å². The Kier molecular flexibility index (Phi) is 7.85. The number of aromatic nitrogens is 2. The predicted molar refractivity (Wildman–Crippen MR) is 140 cm³/mol. The maximum absolute atomic E-state index is 13.4. The molecule has 11 nitrogen and oxygen atoms in total. The minimum absolute atomic E-state index is 0.0806. The predicted octanol–water partition coefficient (Wildman–Crippen LogP) is 1.63. The number of nitrogens with zero attached hydrogens (tertiary/aromatic N) is 4. The van der Waals surface area contributed by atoms with E-state index in [2.05, 4.69) is 20.6 Å². The quantitative estimate of drug-likeness (QED) is 0.365. The Morgan fingerprint density at radius 2 is 1.29 bits per heavy atom. The molecule has 202 valence electrons. The second-order valence-corrected chi connectivity index (χ2v) is 10.4. The molecule has 0 bridgehead atoms. The van der Waals surface area contributed by atoms with Crippen LogP contribution >= 0.6 is 0 Å². The fourth-order valence-corrected chi connectivity index (χ4v) is 5.89. The SMILES string of the molecule is O=C(O)[C@@H](Cc1ccnc(N2CCN(c3cc(C[C@H](C(=O)O)[C@H]4CCNC4)ccn3)C2=O)c1)[C@H]1CCNC1. The van der Waals surface area contributed by atoms with Crippen LogP contribution in [0.2, 0.25) is 0 Å². The van der Waals surface area contributed by atoms with Crippen molar-refractivity contribution in [2.45, 2.75) is 25.7 Å². The number of amides is 2. The number of carboxylic acids is 2. The van der Waals surface area contributed by atoms with Gasteiger partial charge < -0.3 is 20.8 Å². The van der Waals surface area contributed by atoms with Gasteiger partial charge in [-0.05, 0) is 99.1 Å². The molecule has 2 amide bonds. The van der Waals surface area contributed by atoms with Crippen LogP contribution in [0.1, 0.15) is 24.0 Å². The average molecular weight is 523 g/mol. The molecule has 5 heterocycles. The molecule has 4 N–H and O–H groups in total. The summed E-state index contributed by atoms with van der Waals surface area (Å²) in [4.78, 5) is 49.2. The Labute approximate surface area is 221 Å². The second kappa shape index (κ2) is 11.4. The van der Waals surface area contributed by atoms with E-state index in [9.17, 15) is 24.6 Å². The van der Waals surface area contributed by atoms with Crippen LogP contribution in [0.5, 0.6) is 0 Å². The number of hydrogen-bond acceptors (Lipinski definition) is 7. The highest BCUT2D eigenvalue weighted by atomic mass is 16.4. The topological polar surface area (TPSA) is 148 Å². The average Bonchev–Trinajstić information content (AvgIpc) is 3.69. The number of rotatable bonds is 10. The lowest BCUT2D eigenvalue weighted by molar-refractivity contribution is -0.144. The maximum atomic E-state index is 13.4. The van der Waals surface area contributed by atoms with Crippen molar-refractivity contribution in [2.24, 2.45) is 23.7 Å². The summed E-state index contributed by atoms with van der Waals surface area (Å²) in [5, 5.41) is 26.1. The number of carbonyl (C=O) groups is 3. The van der Waals surface area contributed by atoms with Crippen LogP contribution in [-0.4, -0.2) is 77.4 Å². The summed E-state index contributed by atoms with van der Waals surface area (Å²) in [6, 6.07) is 6.96. The minimum Gasteiger partial charge on any atom is -0.481 e. The molecule has 0 radical (unpaired) electrons. The minimum atomic E-state index is -0.805. The van der Waals surface area contributed by atoms with Gasteiger partial charge in [0.25, 0.3) is 0 Å². The van der Waals surface area contributed by atoms with E-state index in [0.29, 0.717) is 50.7 Å². The van der Waals surface area contributed by atoms with Crippen LogP contribution in [0.3, 0.4) is 0 Å². The van der Waals surface area contributed by atoms with Gasteiger partial charge in [-0.25, -0.2) is 14.8 Å². The first kappa shape index (κ1) is 26.1. The number of hydrogen-bond donors (Lipinski definition) is 4. The van der Waals surface area contributed by atoms with Gasteiger partial charge in [0.05, 0.1) is 11.8 Å². The van der Waals surface area contributed by atoms with Gasteiger partial charge in [0.1, 0.15) is 11.6 Å². The van der Waals surface area contributed by atoms with E-state index in [1.54, 1.807) is 34.3 Å². The third kappa shape index (κ3) is 5.63. The summed E-state index contributed by atoms with van der Waals surface area (Å²) in [5.74, 6) is -1.46. The monoisotopic (exact) mass is 522 g/mol. The molecule has 0 saturated carbocycles. The number of anilines is 2. The highest BCUT2D eigenvalue weighted by molar-refractivity contribution is 6.05. The van der Waals surface area contributed by atoms with Gasteiger partial charge in [0, 0.05) is 25.5 Å². The fraction of sp³-hybridized carbons (Fsp3) is 0.519. The number of nitrogens with one attached hydrogen (secondary N) is 2. The largest absolute Gasteiger partial charge is 0.481 e. The molecule has 2 aromatic heterocycles. The molecule has 0 aromatic carbocycles. The van der Waals surface area contributed by atoms with Crippen molar-refractivity contribution in [2.75, 3.05) is 49.1 Å². The van der Waals surface area contributed by atoms with Crippen molar-refractivity contribution in [1.82, 2.24) is 20.6 Å². The molecule has 3 aliphatic rings. The molecule has 4 atom stereocenters. The van der Waals surface area contributed by atoms with E-state index >= 15 is 0 Å². The summed E-state index contributed by atoms with van der Waals surface area (Å²) in [6.45, 7) is 3.90. The molecule has 0 aliphatic carbocycles. The van der Waals surface area contributed by atoms with Crippen molar-refractivity contribution in [3.63, 3.8) is 0 Å². The summed E-state index contributed by atoms with van der Waals surface area (Å²) in [5.41, 5.74) is 1.67. The van der Waals surface area contributed by atoms with Crippen molar-refractivity contribution in [3.8, 4) is 0 Å². The highest BCUT2D eigenvalue weighted by Crippen LogP contribution is 2.29. The zero-order chi connectivity index (χ0) is 26.6. The molecule has 0 spiro atoms. The van der Waals surface area contributed by atoms with Gasteiger partial charge in [-0.1, -0.05) is 0 Å². The lowest BCUT2D eigenvalue weighted by atomic mass is 9.86. The van der Waals surface area contributed by atoms with E-state index in [4.69, 9.17) is 0 Å². The Morgan fingerprint density at radius 3 is 1.66 bits per heavy atom. The standard InChI is InChI=1S/C27H34N6O5/c34-25(35)21(19-3-5-28-15-19)11-17-1-7-30-23(13-17)32-9-10-33(27(32)38)24-14-18(2-8-31-24)12-22(26(36)37)20-4-6-29-16-20/h1-2,7-8,13-14,19-22,28-29H,3-6,9-12,15-16H2,(H,34,35)(H,36,37)/t19-,20-,21-,22-/m0/s1. The summed E-state index contributed by atoms with van der Waals surface area (Å²) in [7, 11) is 0. The Bertz CT molecular complexity index is 1090. The van der Waals surface area contributed by atoms with Crippen molar-refractivity contribution < 1.29 is 24.6 Å². The van der Waals surface area contributed by atoms with E-state index < -0.39 is 23.8 Å². The fourth-order valence-electron chi connectivity index (χ4n) is 5.89. The Morgan fingerprint density at radius 1 is 0.842 bits per heavy atom. The van der Waals surface area contributed by atoms with E-state index in [0.717, 1.165) is 37.1 Å². The number of urea groups is 1. The van der Waals surface area contributed by atoms with Crippen molar-refractivity contribution in [3.05, 3.63) is 47.8 Å². The van der Waals surface area contributed by atoms with E-state index in [1.165, 1.54) is 0 Å². The van der Waals surface area contributed by atoms with Crippen molar-refractivity contribution >= 4 is 29.6 Å². The van der Waals surface area contributed by atoms with Crippen LogP contribution < -0.4 is 20.4 Å². The smallest absolute Gasteiger partial charge is 0.331 e. The van der Waals surface area contributed by atoms with Gasteiger partial charge in [0.2, 0.25) is 0 Å². The van der Waals surface area contributed by atoms with Gasteiger partial charge in [-0.15, -0.1) is 0 Å². The summed E-state index contributed by atoms with van der Waals surface area (Å²) >= 11 is 0. The second-order valence-electron chi connectivity index (χ2n) is 10.4. The molecule has 3 fully saturated rings. The number of carboxylic acid groups (broad SMARTS) is 2. The molecule has 5 rings (SSSR count). The first-order chi connectivity index (χ1) is 18.4. The summed E-state index contributed by atoms with van der Waals surface area (Å²) in [6.07, 6.45) is 5.68. The summed E-state index contributed by atoms with van der Waals surface area (Å²) < 4.78 is 0. The van der Waals surface area contributed by atoms with E-state index in [1.807, 2.05) is 12.1 Å². The molecule has 3 aliphatic heterocycles. The van der Waals surface area contributed by atoms with Crippen LogP contribution in [0.4, 0.5) is 16.4 Å². The Balaban J connectivity index is 1.28. The normalized spacial score (nSPS) is 23.1. The van der Waals surface area contributed by atoms with Gasteiger partial charge >= 0.3 is 18.0 Å².